The molecule has 0 aromatic carbocycles. The van der Waals surface area contributed by atoms with E-state index in [0.717, 1.165) is 0 Å². The van der Waals surface area contributed by atoms with Gasteiger partial charge in [0.1, 0.15) is 0 Å². The van der Waals surface area contributed by atoms with Crippen molar-refractivity contribution in [2.75, 3.05) is 0 Å². The Morgan fingerprint density at radius 3 is 0.0481 bits per heavy atom. The molecule has 0 fully saturated rings. The molecule has 0 saturated heterocycles. The van der Waals surface area contributed by atoms with Crippen LogP contribution in [-0.4, -0.2) is 52.4 Å². The van der Waals surface area contributed by atoms with Crippen molar-refractivity contribution in [1.29, 1.82) is 0 Å². The molecule has 0 rings (SSSR count). The van der Waals surface area contributed by atoms with Crippen LogP contribution in [-0.2, 0) is 813 Å². The summed E-state index contributed by atoms with van der Waals surface area (Å²) in [4.78, 5) is 0. The van der Waals surface area contributed by atoms with Crippen molar-refractivity contribution < 1.29 is 1430 Å². The van der Waals surface area contributed by atoms with Crippen molar-refractivity contribution in [1.82, 2.24) is 0 Å². The first-order chi connectivity index (χ1) is 0. The second-order valence-corrected chi connectivity index (χ2v) is 0. The van der Waals surface area contributed by atoms with Gasteiger partial charge in [-0.3, -0.25) is 0 Å². The smallest absolute Gasteiger partial charge is 2.00 e. The molecule has 9 radical (unpaired) electrons. The van der Waals surface area contributed by atoms with E-state index >= 15 is 0 Å². The molecule has 0 aliphatic heterocycles. The van der Waals surface area contributed by atoms with Crippen molar-refractivity contribution in [3.8, 4) is 0 Å². The molecule has 0 aliphatic carbocycles. The van der Waals surface area contributed by atoms with Crippen molar-refractivity contribution >= 4 is 52.4 Å². The molecule has 0 bridgehead atoms. The Labute approximate surface area is 1440 Å². The largest absolute Gasteiger partial charge is 4.00 e. The molecule has 0 aliphatic rings. The van der Waals surface area contributed by atoms with Gasteiger partial charge in [0.05, 0.1) is 0 Å². The molecule has 0 heterocycles. The van der Waals surface area contributed by atoms with E-state index in [1.165, 1.54) is 0 Å². The van der Waals surface area contributed by atoms with Crippen LogP contribution in [0.15, 0.2) is 0 Å². The minimum Gasteiger partial charge on any atom is -2.00 e. The molecule has 69 nitrogen and oxygen atoms in total. The summed E-state index contributed by atoms with van der Waals surface area (Å²) < 4.78 is 0. The summed E-state index contributed by atoms with van der Waals surface area (Å²) in [6, 6.07) is 0. The maximum absolute atomic E-state index is 0. The Morgan fingerprint density at radius 1 is 0.0481 bits per heavy atom. The Hall–Kier alpha value is 32.8. The Balaban J connectivity index is 0. The van der Waals surface area contributed by atoms with E-state index in [1.807, 2.05) is 0 Å². The maximum Gasteiger partial charge on any atom is 4.00 e. The molecule has 104 heteroatoms. The van der Waals surface area contributed by atoms with Crippen LogP contribution >= 0.6 is 0 Å². The van der Waals surface area contributed by atoms with E-state index in [0.29, 0.717) is 0 Å². The van der Waals surface area contributed by atoms with Crippen molar-refractivity contribution in [3.05, 3.63) is 0 Å². The van der Waals surface area contributed by atoms with Crippen molar-refractivity contribution in [2.24, 2.45) is 0 Å². The van der Waals surface area contributed by atoms with Crippen molar-refractivity contribution in [2.45, 2.75) is 0 Å². The molecule has 0 amide bonds. The predicted octanol–water partition coefficient (Wildman–Crippen LogP) is -45.0. The third-order valence-corrected chi connectivity index (χ3v) is 0. The molecule has 0 spiro atoms. The fourth-order valence-electron chi connectivity index (χ4n) is 0. The third kappa shape index (κ3) is 2240. The third-order valence-electron chi connectivity index (χ3n) is 0. The van der Waals surface area contributed by atoms with Gasteiger partial charge >= 0.3 is 672 Å². The van der Waals surface area contributed by atoms with Gasteiger partial charge in [0.2, 0.25) is 0 Å². The zero-order valence-corrected chi connectivity index (χ0v) is 151. The minimum absolute atomic E-state index is 0. The van der Waals surface area contributed by atoms with Gasteiger partial charge in [-0.1, -0.05) is 0 Å². The molecular formula is Bi2K12O69V3W18-114. The molecule has 104 heavy (non-hydrogen) atoms. The van der Waals surface area contributed by atoms with Gasteiger partial charge < -0.3 is 378 Å². The number of hydrogen-bond acceptors (Lipinski definition) is 0. The van der Waals surface area contributed by atoms with Gasteiger partial charge in [-0.15, -0.1) is 0 Å². The van der Waals surface area contributed by atoms with Crippen LogP contribution in [0, 0.1) is 0 Å². The topological polar surface area (TPSA) is 1970 Å². The standard InChI is InChI=1S/2Bi.12K.69O.3V.18W/q;;12*+1;69*-2;3*+4;;;;;;;;;;;;;;;;;;. The van der Waals surface area contributed by atoms with Crippen LogP contribution in [0.4, 0.5) is 0 Å². The summed E-state index contributed by atoms with van der Waals surface area (Å²) in [5.41, 5.74) is 0. The first kappa shape index (κ1) is 2350. The summed E-state index contributed by atoms with van der Waals surface area (Å²) >= 11 is 0. The molecule has 0 aromatic rings. The van der Waals surface area contributed by atoms with Crippen LogP contribution in [0.5, 0.6) is 0 Å². The van der Waals surface area contributed by atoms with Crippen LogP contribution in [0.25, 0.3) is 0 Å². The Kier molecular flexibility index (Phi) is 51800. The van der Waals surface area contributed by atoms with E-state index < -0.39 is 0 Å². The first-order valence-electron chi connectivity index (χ1n) is 0. The van der Waals surface area contributed by atoms with Crippen LogP contribution < -0.4 is 617 Å². The molecule has 0 atom stereocenters. The van der Waals surface area contributed by atoms with E-state index in [9.17, 15) is 0 Å². The SMILES string of the molecule is [Bi].[Bi].[K+].[K+].[K+].[K+].[K+].[K+].[K+].[K+].[K+].[K+].[K+].[K+].[O-2].[O-2].[O-2].[O-2].[O-2].[O-2].[O-2].[O-2].[O-2].[O-2].[O-2].[O-2].[O-2].[O-2].[O-2].[O-2].[O-2].[O-2].[O-2].[O-2].[O-2].[O-2].[O-2].[O-2].[O-2].[O-2].[O-2].[O-2].[O-2].[O-2].[O-2].[O-2].[O-2].[O-2].[O-2].[O-2].[O-2].[O-2].[O-2].[O-2].[O-2].[O-2].[O-2].[O-2].[O-2].[O-2].[O-2].[O-2].[O-2].[O-2].[O-2].[O-2].[O-2].[O-2].[O-2].[O-2].[O-2].[O-2].[O-2].[O-2].[O-2].[O-2].[O-2].[O-2].[O-2].[O-2].[O-2].[O-2].[O-2].[V+4].[V+4].[V+4].[W].[W].[W].[W].[W].[W].[W].[W].[W].[W].[W].[W].[W].[W].[W].[W].[W].[W]. The van der Waals surface area contributed by atoms with Gasteiger partial charge in [0, 0.05) is 432 Å². The molecule has 0 aromatic heterocycles. The van der Waals surface area contributed by atoms with Crippen LogP contribution in [0.2, 0.25) is 0 Å². The fraction of sp³-hybridized carbons (Fsp3) is 0. The van der Waals surface area contributed by atoms with E-state index in [-0.39, 0.29) is 1480 Å². The second-order valence-electron chi connectivity index (χ2n) is 0. The summed E-state index contributed by atoms with van der Waals surface area (Å²) in [6.07, 6.45) is 0. The van der Waals surface area contributed by atoms with Crippen LogP contribution in [0.3, 0.4) is 0 Å². The zero-order valence-electron chi connectivity index (χ0n) is 49.8. The minimum atomic E-state index is 0. The summed E-state index contributed by atoms with van der Waals surface area (Å²) in [7, 11) is 0. The van der Waals surface area contributed by atoms with Gasteiger partial charge in [-0.05, 0) is 0 Å². The van der Waals surface area contributed by atoms with E-state index in [1.54, 1.807) is 0 Å². The number of hydrogen-bond donors (Lipinski definition) is 0. The van der Waals surface area contributed by atoms with Gasteiger partial charge in [0.25, 0.3) is 0 Å². The average molecular weight is 5450 g/mol. The molecule has 0 unspecified atom stereocenters. The van der Waals surface area contributed by atoms with E-state index in [4.69, 9.17) is 0 Å². The Bertz CT molecular complexity index is 151. The normalized spacial score (nSPS) is 0. The van der Waals surface area contributed by atoms with Crippen molar-refractivity contribution in [3.63, 3.8) is 0 Å². The number of rotatable bonds is 0. The molecular weight excluding hydrogens is 5450 g/mol. The molecule has 0 N–H and O–H groups in total. The maximum atomic E-state index is 0. The van der Waals surface area contributed by atoms with Gasteiger partial charge in [-0.2, -0.15) is 0 Å². The summed E-state index contributed by atoms with van der Waals surface area (Å²) in [5.74, 6) is 0. The summed E-state index contributed by atoms with van der Waals surface area (Å²) in [5, 5.41) is 0. The van der Waals surface area contributed by atoms with Gasteiger partial charge in [-0.25, -0.2) is 0 Å². The average Bonchev–Trinajstić information content (AvgIpc) is 0. The first-order valence-corrected chi connectivity index (χ1v) is 0. The zero-order chi connectivity index (χ0) is 0. The van der Waals surface area contributed by atoms with Gasteiger partial charge in [0.15, 0.2) is 0 Å². The van der Waals surface area contributed by atoms with E-state index in [2.05, 4.69) is 0 Å². The van der Waals surface area contributed by atoms with Crippen LogP contribution in [0.1, 0.15) is 0 Å². The quantitative estimate of drug-likeness (QED) is 0.204. The molecule has 0 saturated carbocycles. The monoisotopic (exact) mass is 5450 g/mol. The fourth-order valence-corrected chi connectivity index (χ4v) is 0. The molecule has 673 valence electrons. The summed E-state index contributed by atoms with van der Waals surface area (Å²) in [6.45, 7) is 0. The Morgan fingerprint density at radius 2 is 0.0481 bits per heavy atom. The predicted molar refractivity (Wildman–Crippen MR) is 58.9 cm³/mol. The second kappa shape index (κ2) is 2290.